The third-order valence-corrected chi connectivity index (χ3v) is 5.68. The molecular weight excluding hydrogens is 392 g/mol. The zero-order valence-corrected chi connectivity index (χ0v) is 17.3. The van der Waals surface area contributed by atoms with Gasteiger partial charge in [-0.15, -0.1) is 17.5 Å². The first-order valence-corrected chi connectivity index (χ1v) is 9.91. The van der Waals surface area contributed by atoms with Crippen molar-refractivity contribution in [1.29, 1.82) is 0 Å². The molecule has 0 saturated carbocycles. The Labute approximate surface area is 176 Å². The molecule has 2 amide bonds. The van der Waals surface area contributed by atoms with Crippen LogP contribution in [-0.2, 0) is 4.79 Å². The molecule has 29 heavy (non-hydrogen) atoms. The number of hydrogen-bond donors (Lipinski definition) is 1. The molecule has 1 N–H and O–H groups in total. The summed E-state index contributed by atoms with van der Waals surface area (Å²) in [6.45, 7) is 2.56. The van der Waals surface area contributed by atoms with E-state index in [0.29, 0.717) is 18.7 Å². The van der Waals surface area contributed by atoms with Crippen molar-refractivity contribution in [1.82, 2.24) is 25.2 Å². The van der Waals surface area contributed by atoms with Gasteiger partial charge < -0.3 is 15.1 Å². The van der Waals surface area contributed by atoms with Gasteiger partial charge in [0.1, 0.15) is 6.04 Å². The average molecular weight is 419 g/mol. The lowest BCUT2D eigenvalue weighted by Gasteiger charge is -2.36. The number of para-hydroxylation sites is 1. The van der Waals surface area contributed by atoms with Crippen LogP contribution in [0.5, 0.6) is 0 Å². The predicted octanol–water partition coefficient (Wildman–Crippen LogP) is 1.89. The van der Waals surface area contributed by atoms with Gasteiger partial charge in [-0.25, -0.2) is 4.68 Å². The molecule has 0 spiro atoms. The van der Waals surface area contributed by atoms with E-state index in [1.54, 1.807) is 22.8 Å². The molecule has 2 fully saturated rings. The van der Waals surface area contributed by atoms with E-state index in [0.717, 1.165) is 38.0 Å². The third kappa shape index (κ3) is 4.43. The van der Waals surface area contributed by atoms with Crippen molar-refractivity contribution < 1.29 is 9.59 Å². The highest BCUT2D eigenvalue weighted by Crippen LogP contribution is 2.24. The summed E-state index contributed by atoms with van der Waals surface area (Å²) in [5.74, 6) is -0.299. The van der Waals surface area contributed by atoms with Gasteiger partial charge in [-0.05, 0) is 50.9 Å². The van der Waals surface area contributed by atoms with Gasteiger partial charge in [0.15, 0.2) is 5.69 Å². The van der Waals surface area contributed by atoms with E-state index >= 15 is 0 Å². The van der Waals surface area contributed by atoms with E-state index in [4.69, 9.17) is 0 Å². The normalized spacial score (nSPS) is 20.2. The molecule has 156 valence electrons. The quantitative estimate of drug-likeness (QED) is 0.819. The van der Waals surface area contributed by atoms with E-state index in [2.05, 4.69) is 15.6 Å². The second kappa shape index (κ2) is 9.37. The predicted molar refractivity (Wildman–Crippen MR) is 112 cm³/mol. The molecule has 1 aromatic heterocycles. The van der Waals surface area contributed by atoms with Crippen molar-refractivity contribution >= 4 is 29.9 Å². The molecule has 2 aliphatic heterocycles. The molecule has 3 heterocycles. The van der Waals surface area contributed by atoms with Crippen LogP contribution in [0.1, 0.15) is 42.2 Å². The van der Waals surface area contributed by atoms with Gasteiger partial charge in [0.2, 0.25) is 5.91 Å². The molecule has 4 rings (SSSR count). The number of anilines is 1. The van der Waals surface area contributed by atoms with Crippen LogP contribution >= 0.6 is 12.4 Å². The highest BCUT2D eigenvalue weighted by molar-refractivity contribution is 6.02. The molecule has 0 aliphatic carbocycles. The number of hydrogen-bond acceptors (Lipinski definition) is 5. The fourth-order valence-electron chi connectivity index (χ4n) is 4.03. The van der Waals surface area contributed by atoms with Gasteiger partial charge in [0.05, 0.1) is 12.2 Å². The number of piperidine rings is 2. The van der Waals surface area contributed by atoms with Gasteiger partial charge in [-0.3, -0.25) is 9.59 Å². The fraction of sp³-hybridized carbons (Fsp3) is 0.500. The molecule has 1 aromatic carbocycles. The van der Waals surface area contributed by atoms with E-state index < -0.39 is 6.04 Å². The van der Waals surface area contributed by atoms with Crippen LogP contribution in [0.2, 0.25) is 0 Å². The van der Waals surface area contributed by atoms with E-state index in [1.165, 1.54) is 4.90 Å². The minimum Gasteiger partial charge on any atom is -0.328 e. The SMILES string of the molecule is CN(C(=O)c1cn(C2CCNCC2)nn1)C1CCCN(c2ccccc2)C1=O.Cl. The summed E-state index contributed by atoms with van der Waals surface area (Å²) < 4.78 is 1.79. The zero-order valence-electron chi connectivity index (χ0n) is 16.5. The number of nitrogens with one attached hydrogen (secondary N) is 1. The lowest BCUT2D eigenvalue weighted by molar-refractivity contribution is -0.124. The summed E-state index contributed by atoms with van der Waals surface area (Å²) in [6, 6.07) is 9.40. The van der Waals surface area contributed by atoms with Crippen molar-refractivity contribution in [2.24, 2.45) is 0 Å². The molecule has 0 radical (unpaired) electrons. The van der Waals surface area contributed by atoms with Crippen LogP contribution in [0, 0.1) is 0 Å². The number of halogens is 1. The minimum atomic E-state index is -0.481. The number of amides is 2. The summed E-state index contributed by atoms with van der Waals surface area (Å²) in [7, 11) is 1.68. The summed E-state index contributed by atoms with van der Waals surface area (Å²) in [4.78, 5) is 29.3. The zero-order chi connectivity index (χ0) is 19.5. The molecule has 1 atom stereocenters. The molecule has 8 nitrogen and oxygen atoms in total. The number of aromatic nitrogens is 3. The van der Waals surface area contributed by atoms with E-state index in [-0.39, 0.29) is 30.3 Å². The first-order valence-electron chi connectivity index (χ1n) is 9.91. The van der Waals surface area contributed by atoms with Crippen molar-refractivity contribution in [3.05, 3.63) is 42.2 Å². The lowest BCUT2D eigenvalue weighted by Crippen LogP contribution is -2.53. The van der Waals surface area contributed by atoms with Crippen LogP contribution < -0.4 is 10.2 Å². The Morgan fingerprint density at radius 3 is 2.62 bits per heavy atom. The Morgan fingerprint density at radius 1 is 1.17 bits per heavy atom. The monoisotopic (exact) mass is 418 g/mol. The molecule has 2 saturated heterocycles. The Kier molecular flexibility index (Phi) is 6.87. The van der Waals surface area contributed by atoms with E-state index in [1.807, 2.05) is 30.3 Å². The van der Waals surface area contributed by atoms with Crippen LogP contribution in [-0.4, -0.2) is 64.4 Å². The van der Waals surface area contributed by atoms with Gasteiger partial charge >= 0.3 is 0 Å². The average Bonchev–Trinajstić information content (AvgIpc) is 3.24. The second-order valence-electron chi connectivity index (χ2n) is 7.46. The van der Waals surface area contributed by atoms with Crippen molar-refractivity contribution in [2.45, 2.75) is 37.8 Å². The number of rotatable bonds is 4. The Hall–Kier alpha value is -2.45. The molecule has 1 unspecified atom stereocenters. The summed E-state index contributed by atoms with van der Waals surface area (Å²) >= 11 is 0. The third-order valence-electron chi connectivity index (χ3n) is 5.68. The van der Waals surface area contributed by atoms with Gasteiger partial charge in [-0.2, -0.15) is 0 Å². The van der Waals surface area contributed by atoms with Gasteiger partial charge in [-0.1, -0.05) is 23.4 Å². The van der Waals surface area contributed by atoms with Crippen molar-refractivity contribution in [3.63, 3.8) is 0 Å². The second-order valence-corrected chi connectivity index (χ2v) is 7.46. The van der Waals surface area contributed by atoms with Crippen LogP contribution in [0.25, 0.3) is 0 Å². The fourth-order valence-corrected chi connectivity index (χ4v) is 4.03. The number of benzene rings is 1. The molecule has 2 aliphatic rings. The van der Waals surface area contributed by atoms with Crippen LogP contribution in [0.3, 0.4) is 0 Å². The maximum atomic E-state index is 13.0. The molecule has 0 bridgehead atoms. The minimum absolute atomic E-state index is 0. The van der Waals surface area contributed by atoms with E-state index in [9.17, 15) is 9.59 Å². The highest BCUT2D eigenvalue weighted by Gasteiger charge is 2.35. The Bertz CT molecular complexity index is 837. The smallest absolute Gasteiger partial charge is 0.276 e. The maximum absolute atomic E-state index is 13.0. The largest absolute Gasteiger partial charge is 0.328 e. The highest BCUT2D eigenvalue weighted by atomic mass is 35.5. The molecule has 2 aromatic rings. The summed E-state index contributed by atoms with van der Waals surface area (Å²) in [5, 5.41) is 11.6. The van der Waals surface area contributed by atoms with Crippen LogP contribution in [0.15, 0.2) is 36.5 Å². The Balaban J connectivity index is 0.00000240. The molecular formula is C20H27ClN6O2. The Morgan fingerprint density at radius 2 is 1.90 bits per heavy atom. The van der Waals surface area contributed by atoms with Crippen molar-refractivity contribution in [3.8, 4) is 0 Å². The number of carbonyl (C=O) groups is 2. The maximum Gasteiger partial charge on any atom is 0.276 e. The molecule has 9 heteroatoms. The number of carbonyl (C=O) groups excluding carboxylic acids is 2. The standard InChI is InChI=1S/C20H26N6O2.ClH/c1-24(18-8-5-13-25(20(18)28)15-6-3-2-4-7-15)19(27)17-14-26(23-22-17)16-9-11-21-12-10-16;/h2-4,6-7,14,16,18,21H,5,8-13H2,1H3;1H. The lowest BCUT2D eigenvalue weighted by atomic mass is 10.0. The first-order chi connectivity index (χ1) is 13.6. The summed E-state index contributed by atoms with van der Waals surface area (Å²) in [6.07, 6.45) is 5.18. The number of likely N-dealkylation sites (N-methyl/N-ethyl adjacent to an activating group) is 1. The van der Waals surface area contributed by atoms with Gasteiger partial charge in [0, 0.05) is 19.3 Å². The van der Waals surface area contributed by atoms with Crippen LogP contribution in [0.4, 0.5) is 5.69 Å². The summed E-state index contributed by atoms with van der Waals surface area (Å²) in [5.41, 5.74) is 1.17. The number of nitrogens with zero attached hydrogens (tertiary/aromatic N) is 5. The first kappa shape index (κ1) is 21.3. The van der Waals surface area contributed by atoms with Crippen molar-refractivity contribution in [2.75, 3.05) is 31.6 Å². The topological polar surface area (TPSA) is 83.4 Å². The van der Waals surface area contributed by atoms with Gasteiger partial charge in [0.25, 0.3) is 5.91 Å².